The summed E-state index contributed by atoms with van der Waals surface area (Å²) >= 11 is 0. The SMILES string of the molecule is CC(C)CN=C(NCCc1ccco1)N1CCN(CC(=O)NC(C)C)CC1. The molecule has 0 aliphatic carbocycles. The molecule has 2 heterocycles. The van der Waals surface area contributed by atoms with Crippen molar-refractivity contribution < 1.29 is 9.21 Å². The summed E-state index contributed by atoms with van der Waals surface area (Å²) in [6.45, 7) is 13.9. The number of aliphatic imine (C=N–C) groups is 1. The van der Waals surface area contributed by atoms with Crippen LogP contribution in [0.5, 0.6) is 0 Å². The number of amides is 1. The van der Waals surface area contributed by atoms with Gasteiger partial charge in [-0.2, -0.15) is 0 Å². The van der Waals surface area contributed by atoms with Gasteiger partial charge in [-0.3, -0.25) is 14.7 Å². The lowest BCUT2D eigenvalue weighted by atomic mass is 10.2. The van der Waals surface area contributed by atoms with Gasteiger partial charge >= 0.3 is 0 Å². The number of nitrogens with zero attached hydrogens (tertiary/aromatic N) is 3. The highest BCUT2D eigenvalue weighted by atomic mass is 16.3. The average Bonchev–Trinajstić information content (AvgIpc) is 3.11. The summed E-state index contributed by atoms with van der Waals surface area (Å²) in [6.07, 6.45) is 2.54. The molecule has 0 spiro atoms. The Hall–Kier alpha value is -2.02. The lowest BCUT2D eigenvalue weighted by Gasteiger charge is -2.36. The van der Waals surface area contributed by atoms with Gasteiger partial charge in [-0.25, -0.2) is 0 Å². The lowest BCUT2D eigenvalue weighted by Crippen LogP contribution is -2.54. The van der Waals surface area contributed by atoms with E-state index in [0.29, 0.717) is 12.5 Å². The molecule has 1 amide bonds. The standard InChI is InChI=1S/C20H35N5O2/c1-16(2)14-22-20(21-8-7-18-6-5-13-27-18)25-11-9-24(10-12-25)15-19(26)23-17(3)4/h5-6,13,16-17H,7-12,14-15H2,1-4H3,(H,21,22)(H,23,26). The second kappa shape index (κ2) is 11.0. The summed E-state index contributed by atoms with van der Waals surface area (Å²) in [5.41, 5.74) is 0. The number of carbonyl (C=O) groups excluding carboxylic acids is 1. The molecule has 2 rings (SSSR count). The highest BCUT2D eigenvalue weighted by Gasteiger charge is 2.21. The van der Waals surface area contributed by atoms with Crippen molar-refractivity contribution in [2.75, 3.05) is 45.8 Å². The van der Waals surface area contributed by atoms with E-state index in [1.807, 2.05) is 26.0 Å². The summed E-state index contributed by atoms with van der Waals surface area (Å²) in [7, 11) is 0. The number of hydrogen-bond acceptors (Lipinski definition) is 4. The van der Waals surface area contributed by atoms with Crippen molar-refractivity contribution in [3.63, 3.8) is 0 Å². The maximum Gasteiger partial charge on any atom is 0.234 e. The number of nitrogens with one attached hydrogen (secondary N) is 2. The van der Waals surface area contributed by atoms with Crippen LogP contribution in [-0.2, 0) is 11.2 Å². The van der Waals surface area contributed by atoms with E-state index in [1.165, 1.54) is 0 Å². The first-order valence-electron chi connectivity index (χ1n) is 10.0. The van der Waals surface area contributed by atoms with E-state index in [1.54, 1.807) is 6.26 Å². The molecule has 0 atom stereocenters. The Kier molecular flexibility index (Phi) is 8.64. The lowest BCUT2D eigenvalue weighted by molar-refractivity contribution is -0.123. The molecule has 0 aromatic carbocycles. The van der Waals surface area contributed by atoms with Gasteiger partial charge in [0.2, 0.25) is 5.91 Å². The maximum absolute atomic E-state index is 12.0. The van der Waals surface area contributed by atoms with Crippen molar-refractivity contribution >= 4 is 11.9 Å². The Morgan fingerprint density at radius 2 is 1.96 bits per heavy atom. The van der Waals surface area contributed by atoms with Gasteiger partial charge in [0, 0.05) is 51.7 Å². The van der Waals surface area contributed by atoms with Crippen LogP contribution >= 0.6 is 0 Å². The summed E-state index contributed by atoms with van der Waals surface area (Å²) in [5.74, 6) is 2.56. The molecule has 7 heteroatoms. The van der Waals surface area contributed by atoms with E-state index in [-0.39, 0.29) is 11.9 Å². The molecule has 1 saturated heterocycles. The topological polar surface area (TPSA) is 73.1 Å². The minimum atomic E-state index is 0.101. The molecule has 1 aliphatic rings. The molecule has 0 unspecified atom stereocenters. The van der Waals surface area contributed by atoms with Crippen molar-refractivity contribution in [3.05, 3.63) is 24.2 Å². The van der Waals surface area contributed by atoms with Gasteiger partial charge in [0.05, 0.1) is 12.8 Å². The van der Waals surface area contributed by atoms with E-state index in [2.05, 4.69) is 34.3 Å². The Balaban J connectivity index is 1.83. The molecule has 1 aromatic heterocycles. The highest BCUT2D eigenvalue weighted by molar-refractivity contribution is 5.80. The third-order valence-electron chi connectivity index (χ3n) is 4.33. The monoisotopic (exact) mass is 377 g/mol. The predicted molar refractivity (Wildman–Crippen MR) is 109 cm³/mol. The summed E-state index contributed by atoms with van der Waals surface area (Å²) in [5, 5.41) is 6.44. The van der Waals surface area contributed by atoms with E-state index in [9.17, 15) is 4.79 Å². The quantitative estimate of drug-likeness (QED) is 0.531. The van der Waals surface area contributed by atoms with Crippen molar-refractivity contribution in [1.29, 1.82) is 0 Å². The fourth-order valence-electron chi connectivity index (χ4n) is 2.98. The zero-order valence-corrected chi connectivity index (χ0v) is 17.2. The number of piperazine rings is 1. The van der Waals surface area contributed by atoms with Crippen molar-refractivity contribution in [1.82, 2.24) is 20.4 Å². The summed E-state index contributed by atoms with van der Waals surface area (Å²) in [4.78, 5) is 21.2. The molecule has 152 valence electrons. The van der Waals surface area contributed by atoms with Crippen molar-refractivity contribution in [2.24, 2.45) is 10.9 Å². The fraction of sp³-hybridized carbons (Fsp3) is 0.700. The number of rotatable bonds is 8. The molecule has 0 saturated carbocycles. The molecule has 2 N–H and O–H groups in total. The molecule has 1 aliphatic heterocycles. The minimum Gasteiger partial charge on any atom is -0.469 e. The number of furan rings is 1. The van der Waals surface area contributed by atoms with Crippen LogP contribution in [0.1, 0.15) is 33.5 Å². The molecule has 0 radical (unpaired) electrons. The van der Waals surface area contributed by atoms with Gasteiger partial charge in [0.1, 0.15) is 5.76 Å². The maximum atomic E-state index is 12.0. The molecule has 0 bridgehead atoms. The zero-order chi connectivity index (χ0) is 19.6. The first kappa shape index (κ1) is 21.3. The number of guanidine groups is 1. The largest absolute Gasteiger partial charge is 0.469 e. The van der Waals surface area contributed by atoms with E-state index in [0.717, 1.165) is 57.4 Å². The second-order valence-corrected chi connectivity index (χ2v) is 7.80. The molecule has 27 heavy (non-hydrogen) atoms. The van der Waals surface area contributed by atoms with Crippen molar-refractivity contribution in [2.45, 2.75) is 40.2 Å². The van der Waals surface area contributed by atoms with Crippen LogP contribution in [0.4, 0.5) is 0 Å². The van der Waals surface area contributed by atoms with Gasteiger partial charge in [0.25, 0.3) is 0 Å². The van der Waals surface area contributed by atoms with Crippen LogP contribution in [0.2, 0.25) is 0 Å². The van der Waals surface area contributed by atoms with Gasteiger partial charge in [-0.05, 0) is 31.9 Å². The first-order valence-corrected chi connectivity index (χ1v) is 10.0. The molecule has 7 nitrogen and oxygen atoms in total. The van der Waals surface area contributed by atoms with Gasteiger partial charge < -0.3 is 20.0 Å². The van der Waals surface area contributed by atoms with Crippen molar-refractivity contribution in [3.8, 4) is 0 Å². The van der Waals surface area contributed by atoms with E-state index >= 15 is 0 Å². The summed E-state index contributed by atoms with van der Waals surface area (Å²) < 4.78 is 5.40. The van der Waals surface area contributed by atoms with Crippen LogP contribution in [0.25, 0.3) is 0 Å². The molecule has 1 fully saturated rings. The Bertz CT molecular complexity index is 575. The number of hydrogen-bond donors (Lipinski definition) is 2. The van der Waals surface area contributed by atoms with Crippen LogP contribution in [0.3, 0.4) is 0 Å². The first-order chi connectivity index (χ1) is 12.9. The summed E-state index contributed by atoms with van der Waals surface area (Å²) in [6, 6.07) is 4.10. The predicted octanol–water partition coefficient (Wildman–Crippen LogP) is 1.57. The minimum absolute atomic E-state index is 0.101. The molecular weight excluding hydrogens is 342 g/mol. The normalized spacial score (nSPS) is 16.2. The molecule has 1 aromatic rings. The third kappa shape index (κ3) is 8.03. The Morgan fingerprint density at radius 3 is 2.56 bits per heavy atom. The third-order valence-corrected chi connectivity index (χ3v) is 4.33. The number of carbonyl (C=O) groups is 1. The van der Waals surface area contributed by atoms with E-state index < -0.39 is 0 Å². The van der Waals surface area contributed by atoms with Crippen LogP contribution in [0, 0.1) is 5.92 Å². The Labute approximate surface area is 163 Å². The molecular formula is C20H35N5O2. The zero-order valence-electron chi connectivity index (χ0n) is 17.2. The van der Waals surface area contributed by atoms with Gasteiger partial charge in [-0.15, -0.1) is 0 Å². The van der Waals surface area contributed by atoms with Gasteiger partial charge in [0.15, 0.2) is 5.96 Å². The average molecular weight is 378 g/mol. The van der Waals surface area contributed by atoms with Crippen LogP contribution < -0.4 is 10.6 Å². The van der Waals surface area contributed by atoms with Gasteiger partial charge in [-0.1, -0.05) is 13.8 Å². The van der Waals surface area contributed by atoms with Crippen LogP contribution in [-0.4, -0.2) is 73.5 Å². The highest BCUT2D eigenvalue weighted by Crippen LogP contribution is 2.05. The fourth-order valence-corrected chi connectivity index (χ4v) is 2.98. The van der Waals surface area contributed by atoms with Crippen LogP contribution in [0.15, 0.2) is 27.8 Å². The van der Waals surface area contributed by atoms with E-state index in [4.69, 9.17) is 9.41 Å². The smallest absolute Gasteiger partial charge is 0.234 e. The Morgan fingerprint density at radius 1 is 1.22 bits per heavy atom. The second-order valence-electron chi connectivity index (χ2n) is 7.80.